The average molecular weight is 384 g/mol. The fourth-order valence-electron chi connectivity index (χ4n) is 2.26. The van der Waals surface area contributed by atoms with Crippen molar-refractivity contribution < 1.29 is 38.0 Å². The van der Waals surface area contributed by atoms with Crippen LogP contribution in [0, 0.1) is 0 Å². The number of methoxy groups -OCH3 is 2. The molecule has 8 heteroatoms. The Kier molecular flexibility index (Phi) is 8.36. The quantitative estimate of drug-likeness (QED) is 0.244. The van der Waals surface area contributed by atoms with Crippen molar-refractivity contribution in [3.05, 3.63) is 37.5 Å². The van der Waals surface area contributed by atoms with Gasteiger partial charge in [-0.1, -0.05) is 25.3 Å². The number of ether oxygens (including phenoxy) is 6. The Morgan fingerprint density at radius 1 is 1.00 bits per heavy atom. The molecule has 27 heavy (non-hydrogen) atoms. The van der Waals surface area contributed by atoms with Crippen molar-refractivity contribution in [2.75, 3.05) is 27.4 Å². The lowest BCUT2D eigenvalue weighted by atomic mass is 10.0. The minimum absolute atomic E-state index is 0.0858. The largest absolute Gasteiger partial charge is 0.463 e. The predicted molar refractivity (Wildman–Crippen MR) is 96.6 cm³/mol. The molecule has 0 aromatic carbocycles. The lowest BCUT2D eigenvalue weighted by Gasteiger charge is -2.50. The van der Waals surface area contributed by atoms with Gasteiger partial charge in [0, 0.05) is 14.2 Å². The highest BCUT2D eigenvalue weighted by molar-refractivity contribution is 5.86. The summed E-state index contributed by atoms with van der Waals surface area (Å²) in [5.74, 6) is -4.59. The number of hydrogen-bond donors (Lipinski definition) is 0. The normalized spacial score (nSPS) is 30.2. The van der Waals surface area contributed by atoms with Crippen LogP contribution < -0.4 is 0 Å². The molecule has 0 saturated carbocycles. The zero-order chi connectivity index (χ0) is 20.7. The molecule has 0 aromatic heterocycles. The van der Waals surface area contributed by atoms with Gasteiger partial charge in [-0.25, -0.2) is 9.59 Å². The molecule has 1 rings (SSSR count). The summed E-state index contributed by atoms with van der Waals surface area (Å²) in [5.41, 5.74) is 0.487. The summed E-state index contributed by atoms with van der Waals surface area (Å²) in [6, 6.07) is 0. The zero-order valence-corrected chi connectivity index (χ0v) is 16.3. The highest BCUT2D eigenvalue weighted by Crippen LogP contribution is 2.39. The minimum Gasteiger partial charge on any atom is -0.463 e. The number of esters is 2. The van der Waals surface area contributed by atoms with Gasteiger partial charge in [0.05, 0.1) is 6.61 Å². The van der Waals surface area contributed by atoms with Crippen LogP contribution in [0.2, 0.25) is 0 Å². The third-order valence-electron chi connectivity index (χ3n) is 4.30. The lowest BCUT2D eigenvalue weighted by Crippen LogP contribution is -2.68. The summed E-state index contributed by atoms with van der Waals surface area (Å²) < 4.78 is 32.5. The van der Waals surface area contributed by atoms with Crippen molar-refractivity contribution >= 4 is 11.9 Å². The van der Waals surface area contributed by atoms with Gasteiger partial charge in [-0.05, 0) is 25.8 Å². The first kappa shape index (κ1) is 23.0. The van der Waals surface area contributed by atoms with E-state index in [0.29, 0.717) is 12.0 Å². The second kappa shape index (κ2) is 9.80. The van der Waals surface area contributed by atoms with Gasteiger partial charge >= 0.3 is 11.9 Å². The molecule has 1 heterocycles. The molecular weight excluding hydrogens is 356 g/mol. The third-order valence-corrected chi connectivity index (χ3v) is 4.30. The van der Waals surface area contributed by atoms with Crippen molar-refractivity contribution in [1.29, 1.82) is 0 Å². The van der Waals surface area contributed by atoms with Crippen molar-refractivity contribution in [3.63, 3.8) is 0 Å². The van der Waals surface area contributed by atoms with Gasteiger partial charge in [0.25, 0.3) is 0 Å². The van der Waals surface area contributed by atoms with Crippen molar-refractivity contribution in [1.82, 2.24) is 0 Å². The van der Waals surface area contributed by atoms with Crippen LogP contribution in [0.3, 0.4) is 0 Å². The second-order valence-corrected chi connectivity index (χ2v) is 6.09. The average Bonchev–Trinajstić information content (AvgIpc) is 2.67. The molecule has 0 bridgehead atoms. The Hall–Kier alpha value is -2.00. The molecule has 1 fully saturated rings. The van der Waals surface area contributed by atoms with E-state index in [1.807, 2.05) is 0 Å². The standard InChI is InChI=1S/C19H28O8/c1-8-10-11-24-16(20)14-15(17(21)25-12-13(3)9-2)27-19(5,23-7)18(4,22-6)26-14/h8-9,14-15H,1-3,10-12H2,4-7H3. The van der Waals surface area contributed by atoms with Crippen LogP contribution >= 0.6 is 0 Å². The van der Waals surface area contributed by atoms with Crippen molar-refractivity contribution in [3.8, 4) is 0 Å². The maximum Gasteiger partial charge on any atom is 0.339 e. The first-order chi connectivity index (χ1) is 12.7. The van der Waals surface area contributed by atoms with Gasteiger partial charge < -0.3 is 28.4 Å². The molecule has 1 aliphatic rings. The second-order valence-electron chi connectivity index (χ2n) is 6.09. The van der Waals surface area contributed by atoms with Crippen molar-refractivity contribution in [2.45, 2.75) is 44.1 Å². The Bertz CT molecular complexity index is 586. The molecule has 0 radical (unpaired) electrons. The van der Waals surface area contributed by atoms with Crippen molar-refractivity contribution in [2.24, 2.45) is 0 Å². The fourth-order valence-corrected chi connectivity index (χ4v) is 2.26. The van der Waals surface area contributed by atoms with E-state index in [1.54, 1.807) is 6.08 Å². The lowest BCUT2D eigenvalue weighted by molar-refractivity contribution is -0.439. The summed E-state index contributed by atoms with van der Waals surface area (Å²) in [6.45, 7) is 13.8. The number of carbonyl (C=O) groups is 2. The maximum absolute atomic E-state index is 12.5. The summed E-state index contributed by atoms with van der Waals surface area (Å²) in [7, 11) is 2.73. The molecule has 152 valence electrons. The van der Waals surface area contributed by atoms with Crippen LogP contribution in [-0.4, -0.2) is 63.2 Å². The van der Waals surface area contributed by atoms with Gasteiger partial charge in [0.2, 0.25) is 11.6 Å². The summed E-state index contributed by atoms with van der Waals surface area (Å²) in [5, 5.41) is 0. The van der Waals surface area contributed by atoms with Gasteiger partial charge in [-0.2, -0.15) is 0 Å². The molecule has 1 aliphatic heterocycles. The smallest absolute Gasteiger partial charge is 0.339 e. The van der Waals surface area contributed by atoms with E-state index in [4.69, 9.17) is 28.4 Å². The first-order valence-electron chi connectivity index (χ1n) is 8.38. The summed E-state index contributed by atoms with van der Waals surface area (Å²) in [4.78, 5) is 25.0. The van der Waals surface area contributed by atoms with E-state index in [1.165, 1.54) is 34.1 Å². The molecular formula is C19H28O8. The van der Waals surface area contributed by atoms with Crippen LogP contribution in [0.5, 0.6) is 0 Å². The van der Waals surface area contributed by atoms with Crippen LogP contribution in [0.25, 0.3) is 0 Å². The van der Waals surface area contributed by atoms with E-state index in [2.05, 4.69) is 19.7 Å². The summed E-state index contributed by atoms with van der Waals surface area (Å²) >= 11 is 0. The molecule has 4 unspecified atom stereocenters. The molecule has 0 spiro atoms. The summed E-state index contributed by atoms with van der Waals surface area (Å²) in [6.07, 6.45) is 0.664. The fraction of sp³-hybridized carbons (Fsp3) is 0.579. The number of hydrogen-bond acceptors (Lipinski definition) is 8. The number of carbonyl (C=O) groups excluding carboxylic acids is 2. The molecule has 4 atom stereocenters. The molecule has 1 saturated heterocycles. The maximum atomic E-state index is 12.5. The Morgan fingerprint density at radius 2 is 1.48 bits per heavy atom. The Morgan fingerprint density at radius 3 is 1.89 bits per heavy atom. The van der Waals surface area contributed by atoms with E-state index in [9.17, 15) is 9.59 Å². The predicted octanol–water partition coefficient (Wildman–Crippen LogP) is 1.90. The van der Waals surface area contributed by atoms with Gasteiger partial charge in [0.15, 0.2) is 12.2 Å². The Labute approximate surface area is 159 Å². The minimum atomic E-state index is -1.49. The van der Waals surface area contributed by atoms with Crippen LogP contribution in [0.1, 0.15) is 20.3 Å². The van der Waals surface area contributed by atoms with E-state index < -0.39 is 35.7 Å². The molecule has 0 aromatic rings. The van der Waals surface area contributed by atoms with E-state index in [0.717, 1.165) is 0 Å². The third kappa shape index (κ3) is 5.26. The first-order valence-corrected chi connectivity index (χ1v) is 8.38. The molecule has 0 aliphatic carbocycles. The highest BCUT2D eigenvalue weighted by atomic mass is 16.8. The van der Waals surface area contributed by atoms with Gasteiger partial charge in [0.1, 0.15) is 6.61 Å². The highest BCUT2D eigenvalue weighted by Gasteiger charge is 2.60. The number of rotatable bonds is 10. The molecule has 0 N–H and O–H groups in total. The molecule has 0 amide bonds. The van der Waals surface area contributed by atoms with Crippen LogP contribution in [-0.2, 0) is 38.0 Å². The Balaban J connectivity index is 3.09. The van der Waals surface area contributed by atoms with E-state index in [-0.39, 0.29) is 13.2 Å². The van der Waals surface area contributed by atoms with Crippen LogP contribution in [0.4, 0.5) is 0 Å². The molecule has 8 nitrogen and oxygen atoms in total. The van der Waals surface area contributed by atoms with Gasteiger partial charge in [-0.3, -0.25) is 0 Å². The SMILES string of the molecule is C=CCCOC(=O)C1OC(C)(OC)C(C)(OC)OC1C(=O)OCC(=C)C=C. The monoisotopic (exact) mass is 384 g/mol. The topological polar surface area (TPSA) is 89.5 Å². The van der Waals surface area contributed by atoms with Gasteiger partial charge in [-0.15, -0.1) is 6.58 Å². The zero-order valence-electron chi connectivity index (χ0n) is 16.3. The van der Waals surface area contributed by atoms with Crippen LogP contribution in [0.15, 0.2) is 37.5 Å². The van der Waals surface area contributed by atoms with E-state index >= 15 is 0 Å².